The maximum Gasteiger partial charge on any atom is 0.200 e. The van der Waals surface area contributed by atoms with E-state index in [0.717, 1.165) is 21.8 Å². The molecule has 5 rings (SSSR count). The third-order valence-electron chi connectivity index (χ3n) is 3.75. The van der Waals surface area contributed by atoms with Gasteiger partial charge in [0.05, 0.1) is 10.2 Å². The van der Waals surface area contributed by atoms with Gasteiger partial charge in [0.2, 0.25) is 0 Å². The molecular formula is C17H11N7S. The molecule has 0 saturated carbocycles. The summed E-state index contributed by atoms with van der Waals surface area (Å²) in [5.74, 6) is 0.668. The number of benzene rings is 2. The summed E-state index contributed by atoms with van der Waals surface area (Å²) in [4.78, 5) is 4.71. The minimum absolute atomic E-state index is 0.605. The summed E-state index contributed by atoms with van der Waals surface area (Å²) in [7, 11) is 0. The first kappa shape index (κ1) is 14.0. The van der Waals surface area contributed by atoms with E-state index in [0.29, 0.717) is 11.5 Å². The van der Waals surface area contributed by atoms with E-state index in [4.69, 9.17) is 4.98 Å². The van der Waals surface area contributed by atoms with Crippen molar-refractivity contribution in [3.05, 3.63) is 60.7 Å². The predicted molar refractivity (Wildman–Crippen MR) is 96.9 cm³/mol. The molecule has 3 aromatic heterocycles. The van der Waals surface area contributed by atoms with Gasteiger partial charge in [0.15, 0.2) is 11.5 Å². The summed E-state index contributed by atoms with van der Waals surface area (Å²) in [6.07, 6.45) is 0. The first-order chi connectivity index (χ1) is 12.3. The van der Waals surface area contributed by atoms with Crippen molar-refractivity contribution in [3.8, 4) is 10.6 Å². The Labute approximate surface area is 146 Å². The van der Waals surface area contributed by atoms with Crippen LogP contribution >= 0.6 is 11.3 Å². The lowest BCUT2D eigenvalue weighted by molar-refractivity contribution is 0.736. The minimum Gasteiger partial charge on any atom is -0.339 e. The largest absolute Gasteiger partial charge is 0.339 e. The van der Waals surface area contributed by atoms with Gasteiger partial charge in [0, 0.05) is 11.3 Å². The number of thiazole rings is 1. The van der Waals surface area contributed by atoms with Crippen molar-refractivity contribution in [1.82, 2.24) is 30.2 Å². The number of nitrogens with one attached hydrogen (secondary N) is 1. The Bertz CT molecular complexity index is 1160. The third kappa shape index (κ3) is 2.58. The number of hydrogen-bond donors (Lipinski definition) is 1. The van der Waals surface area contributed by atoms with Gasteiger partial charge < -0.3 is 5.32 Å². The molecule has 0 bridgehead atoms. The Hall–Kier alpha value is -3.39. The quantitative estimate of drug-likeness (QED) is 0.539. The molecule has 25 heavy (non-hydrogen) atoms. The maximum absolute atomic E-state index is 4.71. The number of nitrogens with zero attached hydrogens (tertiary/aromatic N) is 6. The second-order valence-electron chi connectivity index (χ2n) is 5.44. The van der Waals surface area contributed by atoms with E-state index in [1.165, 1.54) is 9.33 Å². The molecular weight excluding hydrogens is 334 g/mol. The molecule has 5 aromatic rings. The molecule has 0 saturated heterocycles. The van der Waals surface area contributed by atoms with Gasteiger partial charge in [-0.25, -0.2) is 4.98 Å². The van der Waals surface area contributed by atoms with Crippen LogP contribution in [0.5, 0.6) is 0 Å². The van der Waals surface area contributed by atoms with Crippen molar-refractivity contribution in [3.63, 3.8) is 0 Å². The molecule has 0 unspecified atom stereocenters. The highest BCUT2D eigenvalue weighted by Gasteiger charge is 2.07. The van der Waals surface area contributed by atoms with E-state index >= 15 is 0 Å². The molecule has 120 valence electrons. The molecule has 7 nitrogen and oxygen atoms in total. The van der Waals surface area contributed by atoms with Crippen LogP contribution in [-0.2, 0) is 0 Å². The van der Waals surface area contributed by atoms with Crippen LogP contribution in [0.25, 0.3) is 26.4 Å². The normalized spacial score (nSPS) is 11.2. The highest BCUT2D eigenvalue weighted by atomic mass is 32.1. The Balaban J connectivity index is 1.49. The van der Waals surface area contributed by atoms with Crippen LogP contribution in [0.3, 0.4) is 0 Å². The molecule has 0 fully saturated rings. The first-order valence-electron chi connectivity index (χ1n) is 7.64. The van der Waals surface area contributed by atoms with Crippen molar-refractivity contribution in [2.45, 2.75) is 0 Å². The number of tetrazole rings is 1. The van der Waals surface area contributed by atoms with E-state index in [-0.39, 0.29) is 0 Å². The number of rotatable bonds is 3. The first-order valence-corrected chi connectivity index (χ1v) is 8.45. The van der Waals surface area contributed by atoms with Crippen molar-refractivity contribution >= 4 is 38.7 Å². The Kier molecular flexibility index (Phi) is 3.14. The van der Waals surface area contributed by atoms with E-state index in [9.17, 15) is 0 Å². The van der Waals surface area contributed by atoms with Crippen LogP contribution in [0.4, 0.5) is 11.5 Å². The number of anilines is 2. The zero-order chi connectivity index (χ0) is 16.6. The highest BCUT2D eigenvalue weighted by molar-refractivity contribution is 7.21. The van der Waals surface area contributed by atoms with Crippen LogP contribution in [0.1, 0.15) is 0 Å². The summed E-state index contributed by atoms with van der Waals surface area (Å²) in [5, 5.41) is 19.8. The summed E-state index contributed by atoms with van der Waals surface area (Å²) < 4.78 is 2.57. The molecule has 0 amide bonds. The molecule has 8 heteroatoms. The second kappa shape index (κ2) is 5.60. The minimum atomic E-state index is 0.605. The molecule has 2 aromatic carbocycles. The fourth-order valence-electron chi connectivity index (χ4n) is 2.59. The summed E-state index contributed by atoms with van der Waals surface area (Å²) in [5.41, 5.74) is 3.62. The topological polar surface area (TPSA) is 80.9 Å². The fourth-order valence-corrected chi connectivity index (χ4v) is 3.55. The van der Waals surface area contributed by atoms with Gasteiger partial charge in [-0.1, -0.05) is 24.3 Å². The molecule has 3 heterocycles. The van der Waals surface area contributed by atoms with Crippen LogP contribution in [0, 0.1) is 0 Å². The van der Waals surface area contributed by atoms with Crippen molar-refractivity contribution < 1.29 is 0 Å². The smallest absolute Gasteiger partial charge is 0.200 e. The van der Waals surface area contributed by atoms with Gasteiger partial charge in [-0.2, -0.15) is 0 Å². The SMILES string of the molecule is c1cc(Nc2ccc3nnnn3n2)cc(-c2nc3ccccc3s2)c1. The zero-order valence-corrected chi connectivity index (χ0v) is 13.7. The lowest BCUT2D eigenvalue weighted by Crippen LogP contribution is -2.00. The van der Waals surface area contributed by atoms with Crippen molar-refractivity contribution in [2.24, 2.45) is 0 Å². The molecule has 1 N–H and O–H groups in total. The van der Waals surface area contributed by atoms with E-state index < -0.39 is 0 Å². The van der Waals surface area contributed by atoms with Crippen molar-refractivity contribution in [2.75, 3.05) is 5.32 Å². The van der Waals surface area contributed by atoms with E-state index in [1.54, 1.807) is 11.3 Å². The maximum atomic E-state index is 4.71. The number of aromatic nitrogens is 6. The Morgan fingerprint density at radius 2 is 1.92 bits per heavy atom. The van der Waals surface area contributed by atoms with Gasteiger partial charge in [-0.15, -0.1) is 26.2 Å². The zero-order valence-electron chi connectivity index (χ0n) is 12.9. The number of para-hydroxylation sites is 1. The molecule has 0 radical (unpaired) electrons. The van der Waals surface area contributed by atoms with E-state index in [1.807, 2.05) is 42.5 Å². The molecule has 0 spiro atoms. The van der Waals surface area contributed by atoms with Gasteiger partial charge >= 0.3 is 0 Å². The average molecular weight is 345 g/mol. The van der Waals surface area contributed by atoms with Gasteiger partial charge in [0.1, 0.15) is 5.01 Å². The van der Waals surface area contributed by atoms with E-state index in [2.05, 4.69) is 44.1 Å². The van der Waals surface area contributed by atoms with Crippen LogP contribution in [0.15, 0.2) is 60.7 Å². The lowest BCUT2D eigenvalue weighted by Gasteiger charge is -2.06. The fraction of sp³-hybridized carbons (Fsp3) is 0. The monoisotopic (exact) mass is 345 g/mol. The highest BCUT2D eigenvalue weighted by Crippen LogP contribution is 2.31. The molecule has 0 aliphatic rings. The Morgan fingerprint density at radius 1 is 0.960 bits per heavy atom. The van der Waals surface area contributed by atoms with Gasteiger partial charge in [0.25, 0.3) is 0 Å². The summed E-state index contributed by atoms with van der Waals surface area (Å²) in [6, 6.07) is 19.9. The standard InChI is InChI=1S/C17H11N7S/c1-2-7-14-13(6-1)19-17(25-14)11-4-3-5-12(10-11)18-15-8-9-16-20-22-23-24(16)21-15/h1-10H,(H,18,21). The van der Waals surface area contributed by atoms with Gasteiger partial charge in [-0.3, -0.25) is 0 Å². The molecule has 0 aliphatic heterocycles. The third-order valence-corrected chi connectivity index (χ3v) is 4.83. The van der Waals surface area contributed by atoms with Crippen LogP contribution in [-0.4, -0.2) is 30.2 Å². The average Bonchev–Trinajstić information content (AvgIpc) is 3.28. The summed E-state index contributed by atoms with van der Waals surface area (Å²) >= 11 is 1.68. The lowest BCUT2D eigenvalue weighted by atomic mass is 10.2. The van der Waals surface area contributed by atoms with Crippen LogP contribution in [0.2, 0.25) is 0 Å². The van der Waals surface area contributed by atoms with Crippen molar-refractivity contribution in [1.29, 1.82) is 0 Å². The number of fused-ring (bicyclic) bond motifs is 2. The Morgan fingerprint density at radius 3 is 2.88 bits per heavy atom. The molecule has 0 atom stereocenters. The predicted octanol–water partition coefficient (Wildman–Crippen LogP) is 3.54. The number of hydrogen-bond acceptors (Lipinski definition) is 7. The summed E-state index contributed by atoms with van der Waals surface area (Å²) in [6.45, 7) is 0. The van der Waals surface area contributed by atoms with Gasteiger partial charge in [-0.05, 0) is 46.8 Å². The van der Waals surface area contributed by atoms with Crippen LogP contribution < -0.4 is 5.32 Å². The second-order valence-corrected chi connectivity index (χ2v) is 6.47. The molecule has 0 aliphatic carbocycles.